The molecule has 1 aromatic rings. The first-order valence-electron chi connectivity index (χ1n) is 5.13. The van der Waals surface area contributed by atoms with E-state index in [4.69, 9.17) is 10.5 Å². The molecular formula is C11H14F2N2O2S. The molecule has 1 aromatic carbocycles. The number of rotatable bonds is 6. The molecule has 3 N–H and O–H groups in total. The summed E-state index contributed by atoms with van der Waals surface area (Å²) in [5, 5.41) is 2.57. The SMILES string of the molecule is COCC(N)C(=O)Nc1ccc(SC(F)F)cc1. The van der Waals surface area contributed by atoms with Crippen molar-refractivity contribution in [1.82, 2.24) is 0 Å². The average molecular weight is 276 g/mol. The minimum absolute atomic E-state index is 0.116. The lowest BCUT2D eigenvalue weighted by atomic mass is 10.2. The molecule has 100 valence electrons. The number of alkyl halides is 2. The number of carbonyl (C=O) groups is 1. The summed E-state index contributed by atoms with van der Waals surface area (Å²) in [5.74, 6) is -2.84. The Morgan fingerprint density at radius 2 is 2.06 bits per heavy atom. The summed E-state index contributed by atoms with van der Waals surface area (Å²) in [6.07, 6.45) is 0. The summed E-state index contributed by atoms with van der Waals surface area (Å²) in [7, 11) is 1.45. The van der Waals surface area contributed by atoms with Crippen molar-refractivity contribution in [2.24, 2.45) is 5.73 Å². The molecule has 1 amide bonds. The van der Waals surface area contributed by atoms with Crippen LogP contribution in [-0.4, -0.2) is 31.4 Å². The van der Waals surface area contributed by atoms with Gasteiger partial charge in [-0.1, -0.05) is 11.8 Å². The third kappa shape index (κ3) is 4.99. The van der Waals surface area contributed by atoms with Crippen LogP contribution in [0.5, 0.6) is 0 Å². The quantitative estimate of drug-likeness (QED) is 0.779. The van der Waals surface area contributed by atoms with Crippen LogP contribution in [0.25, 0.3) is 0 Å². The van der Waals surface area contributed by atoms with Crippen LogP contribution in [0.3, 0.4) is 0 Å². The van der Waals surface area contributed by atoms with Crippen LogP contribution in [0, 0.1) is 0 Å². The van der Waals surface area contributed by atoms with Crippen molar-refractivity contribution in [1.29, 1.82) is 0 Å². The van der Waals surface area contributed by atoms with Crippen molar-refractivity contribution < 1.29 is 18.3 Å². The first kappa shape index (κ1) is 14.9. The van der Waals surface area contributed by atoms with Gasteiger partial charge in [0.05, 0.1) is 6.61 Å². The van der Waals surface area contributed by atoms with Gasteiger partial charge in [0.25, 0.3) is 5.76 Å². The Morgan fingerprint density at radius 1 is 1.44 bits per heavy atom. The Balaban J connectivity index is 2.55. The monoisotopic (exact) mass is 276 g/mol. The fourth-order valence-electron chi connectivity index (χ4n) is 1.21. The van der Waals surface area contributed by atoms with E-state index in [-0.39, 0.29) is 12.5 Å². The molecule has 0 radical (unpaired) electrons. The van der Waals surface area contributed by atoms with E-state index >= 15 is 0 Å². The van der Waals surface area contributed by atoms with Crippen LogP contribution >= 0.6 is 11.8 Å². The Morgan fingerprint density at radius 3 is 2.56 bits per heavy atom. The minimum atomic E-state index is -2.46. The Hall–Kier alpha value is -1.18. The number of anilines is 1. The molecule has 4 nitrogen and oxygen atoms in total. The molecule has 1 unspecified atom stereocenters. The molecule has 0 saturated heterocycles. The first-order valence-corrected chi connectivity index (χ1v) is 6.01. The predicted octanol–water partition coefficient (Wildman–Crippen LogP) is 1.91. The Labute approximate surface area is 108 Å². The number of nitrogens with two attached hydrogens (primary N) is 1. The average Bonchev–Trinajstić information content (AvgIpc) is 2.31. The van der Waals surface area contributed by atoms with Gasteiger partial charge >= 0.3 is 0 Å². The van der Waals surface area contributed by atoms with Gasteiger partial charge in [-0.05, 0) is 24.3 Å². The number of hydrogen-bond donors (Lipinski definition) is 2. The maximum atomic E-state index is 12.1. The third-order valence-electron chi connectivity index (χ3n) is 2.03. The lowest BCUT2D eigenvalue weighted by Gasteiger charge is -2.11. The normalized spacial score (nSPS) is 12.5. The number of nitrogens with one attached hydrogen (secondary N) is 1. The molecule has 18 heavy (non-hydrogen) atoms. The lowest BCUT2D eigenvalue weighted by Crippen LogP contribution is -2.39. The molecule has 1 atom stereocenters. The number of methoxy groups -OCH3 is 1. The second-order valence-electron chi connectivity index (χ2n) is 3.45. The Bertz CT molecular complexity index is 387. The number of ether oxygens (including phenoxy) is 1. The van der Waals surface area contributed by atoms with Crippen LogP contribution in [0.15, 0.2) is 29.2 Å². The van der Waals surface area contributed by atoms with E-state index < -0.39 is 11.8 Å². The highest BCUT2D eigenvalue weighted by atomic mass is 32.2. The van der Waals surface area contributed by atoms with E-state index in [1.807, 2.05) is 0 Å². The second kappa shape index (κ2) is 7.30. The van der Waals surface area contributed by atoms with Gasteiger partial charge in [-0.2, -0.15) is 8.78 Å². The number of hydrogen-bond acceptors (Lipinski definition) is 4. The van der Waals surface area contributed by atoms with Crippen molar-refractivity contribution in [3.8, 4) is 0 Å². The molecule has 0 fully saturated rings. The highest BCUT2D eigenvalue weighted by molar-refractivity contribution is 7.99. The van der Waals surface area contributed by atoms with Gasteiger partial charge in [-0.25, -0.2) is 0 Å². The summed E-state index contributed by atoms with van der Waals surface area (Å²) in [5.41, 5.74) is 6.04. The molecule has 0 aromatic heterocycles. The summed E-state index contributed by atoms with van der Waals surface area (Å²) in [4.78, 5) is 12.0. The number of amides is 1. The van der Waals surface area contributed by atoms with E-state index in [1.54, 1.807) is 12.1 Å². The molecule has 0 aliphatic rings. The van der Waals surface area contributed by atoms with Gasteiger partial charge in [0.15, 0.2) is 0 Å². The lowest BCUT2D eigenvalue weighted by molar-refractivity contribution is -0.118. The maximum absolute atomic E-state index is 12.1. The molecule has 0 aliphatic carbocycles. The molecule has 0 saturated carbocycles. The van der Waals surface area contributed by atoms with Crippen LogP contribution in [0.1, 0.15) is 0 Å². The fraction of sp³-hybridized carbons (Fsp3) is 0.364. The Kier molecular flexibility index (Phi) is 6.03. The smallest absolute Gasteiger partial charge is 0.288 e. The van der Waals surface area contributed by atoms with Gasteiger partial charge < -0.3 is 15.8 Å². The van der Waals surface area contributed by atoms with Crippen LogP contribution in [0.4, 0.5) is 14.5 Å². The highest BCUT2D eigenvalue weighted by Gasteiger charge is 2.13. The van der Waals surface area contributed by atoms with Gasteiger partial charge in [-0.15, -0.1) is 0 Å². The molecule has 1 rings (SSSR count). The first-order chi connectivity index (χ1) is 8.52. The van der Waals surface area contributed by atoms with Crippen LogP contribution < -0.4 is 11.1 Å². The van der Waals surface area contributed by atoms with E-state index in [0.717, 1.165) is 0 Å². The summed E-state index contributed by atoms with van der Waals surface area (Å²) < 4.78 is 28.9. The zero-order valence-electron chi connectivity index (χ0n) is 9.73. The zero-order valence-corrected chi connectivity index (χ0v) is 10.5. The molecule has 7 heteroatoms. The van der Waals surface area contributed by atoms with Crippen molar-refractivity contribution in [3.63, 3.8) is 0 Å². The van der Waals surface area contributed by atoms with Gasteiger partial charge in [0.2, 0.25) is 5.91 Å². The molecule has 0 aliphatic heterocycles. The fourth-order valence-corrected chi connectivity index (χ4v) is 1.71. The van der Waals surface area contributed by atoms with Crippen LogP contribution in [0.2, 0.25) is 0 Å². The van der Waals surface area contributed by atoms with E-state index in [1.165, 1.54) is 19.2 Å². The maximum Gasteiger partial charge on any atom is 0.288 e. The summed E-state index contributed by atoms with van der Waals surface area (Å²) in [6, 6.07) is 5.34. The molecule has 0 spiro atoms. The van der Waals surface area contributed by atoms with Gasteiger partial charge in [0.1, 0.15) is 6.04 Å². The number of halogens is 2. The van der Waals surface area contributed by atoms with Gasteiger partial charge in [-0.3, -0.25) is 4.79 Å². The zero-order chi connectivity index (χ0) is 13.5. The third-order valence-corrected chi connectivity index (χ3v) is 2.75. The molecule has 0 heterocycles. The second-order valence-corrected chi connectivity index (χ2v) is 4.52. The number of benzene rings is 1. The van der Waals surface area contributed by atoms with Crippen molar-refractivity contribution >= 4 is 23.4 Å². The topological polar surface area (TPSA) is 64.3 Å². The van der Waals surface area contributed by atoms with E-state index in [9.17, 15) is 13.6 Å². The van der Waals surface area contributed by atoms with Crippen molar-refractivity contribution in [2.45, 2.75) is 16.7 Å². The number of carbonyl (C=O) groups excluding carboxylic acids is 1. The van der Waals surface area contributed by atoms with Gasteiger partial charge in [0, 0.05) is 17.7 Å². The highest BCUT2D eigenvalue weighted by Crippen LogP contribution is 2.26. The summed E-state index contributed by atoms with van der Waals surface area (Å²) in [6.45, 7) is 0.116. The van der Waals surface area contributed by atoms with Crippen LogP contribution in [-0.2, 0) is 9.53 Å². The largest absolute Gasteiger partial charge is 0.383 e. The molecular weight excluding hydrogens is 262 g/mol. The van der Waals surface area contributed by atoms with Crippen molar-refractivity contribution in [3.05, 3.63) is 24.3 Å². The predicted molar refractivity (Wildman–Crippen MR) is 66.8 cm³/mol. The minimum Gasteiger partial charge on any atom is -0.383 e. The number of thioether (sulfide) groups is 1. The van der Waals surface area contributed by atoms with Crippen molar-refractivity contribution in [2.75, 3.05) is 19.0 Å². The van der Waals surface area contributed by atoms with E-state index in [0.29, 0.717) is 22.3 Å². The molecule has 0 bridgehead atoms. The summed E-state index contributed by atoms with van der Waals surface area (Å²) >= 11 is 0.450. The standard InChI is InChI=1S/C11H14F2N2O2S/c1-17-6-9(14)10(16)15-7-2-4-8(5-3-7)18-11(12)13/h2-5,9,11H,6,14H2,1H3,(H,15,16). The van der Waals surface area contributed by atoms with E-state index in [2.05, 4.69) is 5.32 Å².